The highest BCUT2D eigenvalue weighted by atomic mass is 16.1. The van der Waals surface area contributed by atoms with Crippen LogP contribution in [0.3, 0.4) is 0 Å². The molecule has 2 rings (SSSR count). The highest BCUT2D eigenvalue weighted by Crippen LogP contribution is 2.28. The summed E-state index contributed by atoms with van der Waals surface area (Å²) >= 11 is 0. The highest BCUT2D eigenvalue weighted by molar-refractivity contribution is 5.75. The Morgan fingerprint density at radius 1 is 0.941 bits per heavy atom. The first kappa shape index (κ1) is 12.4. The molecule has 5 nitrogen and oxygen atoms in total. The third-order valence-electron chi connectivity index (χ3n) is 3.81. The van der Waals surface area contributed by atoms with E-state index in [0.717, 1.165) is 44.5 Å². The largest absolute Gasteiger partial charge is 0.302 e. The van der Waals surface area contributed by atoms with Gasteiger partial charge in [-0.2, -0.15) is 0 Å². The van der Waals surface area contributed by atoms with Crippen molar-refractivity contribution in [2.75, 3.05) is 0 Å². The van der Waals surface area contributed by atoms with E-state index in [4.69, 9.17) is 0 Å². The standard InChI is InChI=1S/C12H18N2O3/c15-6-10-11(7-16)14(12(8-17)13-10)9-4-2-1-3-5-9/h6-13H,1-5H2. The molecule has 0 amide bonds. The summed E-state index contributed by atoms with van der Waals surface area (Å²) in [4.78, 5) is 35.0. The van der Waals surface area contributed by atoms with E-state index in [9.17, 15) is 14.4 Å². The number of hydrogen-bond acceptors (Lipinski definition) is 5. The van der Waals surface area contributed by atoms with Crippen molar-refractivity contribution in [3.63, 3.8) is 0 Å². The van der Waals surface area contributed by atoms with Crippen LogP contribution in [0.15, 0.2) is 0 Å². The van der Waals surface area contributed by atoms with E-state index >= 15 is 0 Å². The van der Waals surface area contributed by atoms with Crippen molar-refractivity contribution < 1.29 is 14.4 Å². The number of hydrogen-bond donors (Lipinski definition) is 1. The van der Waals surface area contributed by atoms with Crippen molar-refractivity contribution >= 4 is 18.9 Å². The zero-order chi connectivity index (χ0) is 12.3. The van der Waals surface area contributed by atoms with E-state index in [0.29, 0.717) is 0 Å². The molecule has 5 heteroatoms. The lowest BCUT2D eigenvalue weighted by atomic mass is 9.93. The van der Waals surface area contributed by atoms with Crippen LogP contribution in [0.2, 0.25) is 0 Å². The van der Waals surface area contributed by atoms with E-state index in [2.05, 4.69) is 5.32 Å². The van der Waals surface area contributed by atoms with Crippen molar-refractivity contribution in [3.8, 4) is 0 Å². The predicted molar refractivity (Wildman–Crippen MR) is 61.4 cm³/mol. The molecule has 1 aliphatic carbocycles. The summed E-state index contributed by atoms with van der Waals surface area (Å²) in [6.07, 6.45) is 7.27. The summed E-state index contributed by atoms with van der Waals surface area (Å²) in [5.74, 6) is 0. The van der Waals surface area contributed by atoms with Crippen LogP contribution in [-0.4, -0.2) is 48.0 Å². The van der Waals surface area contributed by atoms with Crippen LogP contribution in [0.4, 0.5) is 0 Å². The minimum Gasteiger partial charge on any atom is -0.302 e. The van der Waals surface area contributed by atoms with Crippen molar-refractivity contribution in [1.29, 1.82) is 0 Å². The van der Waals surface area contributed by atoms with Gasteiger partial charge in [-0.1, -0.05) is 19.3 Å². The summed E-state index contributed by atoms with van der Waals surface area (Å²) in [5.41, 5.74) is 0. The van der Waals surface area contributed by atoms with Crippen molar-refractivity contribution in [2.45, 2.75) is 56.4 Å². The van der Waals surface area contributed by atoms with Crippen LogP contribution >= 0.6 is 0 Å². The molecule has 0 aromatic carbocycles. The number of carbonyl (C=O) groups excluding carboxylic acids is 3. The van der Waals surface area contributed by atoms with Gasteiger partial charge in [0.15, 0.2) is 6.29 Å². The zero-order valence-corrected chi connectivity index (χ0v) is 9.75. The fraction of sp³-hybridized carbons (Fsp3) is 0.750. The molecule has 0 spiro atoms. The van der Waals surface area contributed by atoms with Gasteiger partial charge < -0.3 is 14.4 Å². The van der Waals surface area contributed by atoms with E-state index in [1.54, 1.807) is 0 Å². The van der Waals surface area contributed by atoms with E-state index in [1.165, 1.54) is 6.42 Å². The van der Waals surface area contributed by atoms with Gasteiger partial charge in [-0.3, -0.25) is 10.2 Å². The molecule has 1 N–H and O–H groups in total. The quantitative estimate of drug-likeness (QED) is 0.692. The molecular formula is C12H18N2O3. The lowest BCUT2D eigenvalue weighted by Gasteiger charge is -2.35. The summed E-state index contributed by atoms with van der Waals surface area (Å²) < 4.78 is 0. The molecule has 1 saturated heterocycles. The SMILES string of the molecule is O=CC1NC(C=O)N(C2CCCCC2)C1C=O. The van der Waals surface area contributed by atoms with Crippen molar-refractivity contribution in [2.24, 2.45) is 0 Å². The van der Waals surface area contributed by atoms with Gasteiger partial charge in [0.25, 0.3) is 0 Å². The molecule has 2 fully saturated rings. The number of nitrogens with one attached hydrogen (secondary N) is 1. The fourth-order valence-electron chi connectivity index (χ4n) is 2.99. The number of rotatable bonds is 4. The third-order valence-corrected chi connectivity index (χ3v) is 3.81. The van der Waals surface area contributed by atoms with Gasteiger partial charge in [-0.05, 0) is 12.8 Å². The summed E-state index contributed by atoms with van der Waals surface area (Å²) in [6.45, 7) is 0. The van der Waals surface area contributed by atoms with Gasteiger partial charge >= 0.3 is 0 Å². The van der Waals surface area contributed by atoms with E-state index in [1.807, 2.05) is 4.90 Å². The van der Waals surface area contributed by atoms with Crippen molar-refractivity contribution in [1.82, 2.24) is 10.2 Å². The molecular weight excluding hydrogens is 220 g/mol. The van der Waals surface area contributed by atoms with Gasteiger partial charge in [0.2, 0.25) is 0 Å². The molecule has 3 unspecified atom stereocenters. The zero-order valence-electron chi connectivity index (χ0n) is 9.75. The fourth-order valence-corrected chi connectivity index (χ4v) is 2.99. The minimum atomic E-state index is -0.551. The average Bonchev–Trinajstić information content (AvgIpc) is 2.77. The molecule has 1 aliphatic heterocycles. The first-order chi connectivity index (χ1) is 8.31. The van der Waals surface area contributed by atoms with Gasteiger partial charge in [0.05, 0.1) is 12.1 Å². The number of aldehydes is 3. The molecule has 0 aromatic heterocycles. The number of nitrogens with zero attached hydrogens (tertiary/aromatic N) is 1. The lowest BCUT2D eigenvalue weighted by Crippen LogP contribution is -2.48. The monoisotopic (exact) mass is 238 g/mol. The molecule has 0 radical (unpaired) electrons. The summed E-state index contributed by atoms with van der Waals surface area (Å²) in [6, 6.07) is -0.804. The Bertz CT molecular complexity index is 302. The van der Waals surface area contributed by atoms with Crippen LogP contribution < -0.4 is 5.32 Å². The van der Waals surface area contributed by atoms with Gasteiger partial charge in [0, 0.05) is 6.04 Å². The Balaban J connectivity index is 2.17. The third kappa shape index (κ3) is 2.30. The van der Waals surface area contributed by atoms with Crippen LogP contribution in [-0.2, 0) is 14.4 Å². The van der Waals surface area contributed by atoms with Gasteiger partial charge in [-0.15, -0.1) is 0 Å². The number of carbonyl (C=O) groups is 3. The second-order valence-corrected chi connectivity index (χ2v) is 4.78. The van der Waals surface area contributed by atoms with Gasteiger partial charge in [0.1, 0.15) is 18.7 Å². The van der Waals surface area contributed by atoms with Crippen molar-refractivity contribution in [3.05, 3.63) is 0 Å². The Morgan fingerprint density at radius 3 is 2.18 bits per heavy atom. The molecule has 1 heterocycles. The topological polar surface area (TPSA) is 66.5 Å². The highest BCUT2D eigenvalue weighted by Gasteiger charge is 2.43. The molecule has 94 valence electrons. The van der Waals surface area contributed by atoms with Crippen LogP contribution in [0.5, 0.6) is 0 Å². The Morgan fingerprint density at radius 2 is 1.65 bits per heavy atom. The van der Waals surface area contributed by atoms with Crippen LogP contribution in [0.25, 0.3) is 0 Å². The minimum absolute atomic E-state index is 0.242. The molecule has 2 aliphatic rings. The van der Waals surface area contributed by atoms with Gasteiger partial charge in [-0.25, -0.2) is 0 Å². The maximum Gasteiger partial charge on any atom is 0.151 e. The Hall–Kier alpha value is -1.07. The maximum absolute atomic E-state index is 11.1. The average molecular weight is 238 g/mol. The summed E-state index contributed by atoms with van der Waals surface area (Å²) in [7, 11) is 0. The Labute approximate surface area is 101 Å². The lowest BCUT2D eigenvalue weighted by molar-refractivity contribution is -0.119. The summed E-state index contributed by atoms with van der Waals surface area (Å²) in [5, 5.41) is 2.90. The molecule has 17 heavy (non-hydrogen) atoms. The second-order valence-electron chi connectivity index (χ2n) is 4.78. The van der Waals surface area contributed by atoms with E-state index in [-0.39, 0.29) is 6.04 Å². The molecule has 0 aromatic rings. The maximum atomic E-state index is 11.1. The first-order valence-corrected chi connectivity index (χ1v) is 6.21. The second kappa shape index (κ2) is 5.51. The first-order valence-electron chi connectivity index (χ1n) is 6.21. The predicted octanol–water partition coefficient (Wildman–Crippen LogP) is -0.116. The normalized spacial score (nSPS) is 35.6. The molecule has 3 atom stereocenters. The Kier molecular flexibility index (Phi) is 4.02. The van der Waals surface area contributed by atoms with Crippen LogP contribution in [0.1, 0.15) is 32.1 Å². The van der Waals surface area contributed by atoms with Crippen LogP contribution in [0, 0.1) is 0 Å². The smallest absolute Gasteiger partial charge is 0.151 e. The molecule has 1 saturated carbocycles. The van der Waals surface area contributed by atoms with E-state index < -0.39 is 18.2 Å². The molecule has 0 bridgehead atoms.